The third-order valence-corrected chi connectivity index (χ3v) is 3.27. The van der Waals surface area contributed by atoms with Crippen LogP contribution in [0.15, 0.2) is 24.3 Å². The summed E-state index contributed by atoms with van der Waals surface area (Å²) in [5, 5.41) is 0. The van der Waals surface area contributed by atoms with Gasteiger partial charge in [-0.3, -0.25) is 0 Å². The molecule has 0 aliphatic carbocycles. The first-order valence-corrected chi connectivity index (χ1v) is 6.80. The molecule has 0 N–H and O–H groups in total. The molecule has 0 bridgehead atoms. The van der Waals surface area contributed by atoms with E-state index in [1.807, 2.05) is 0 Å². The summed E-state index contributed by atoms with van der Waals surface area (Å²) in [5.41, 5.74) is 2.71. The molecule has 17 heavy (non-hydrogen) atoms. The summed E-state index contributed by atoms with van der Waals surface area (Å²) in [6.45, 7) is 10.6. The first kappa shape index (κ1) is 14.2. The van der Waals surface area contributed by atoms with Gasteiger partial charge in [-0.05, 0) is 35.8 Å². The summed E-state index contributed by atoms with van der Waals surface area (Å²) in [7, 11) is 0. The number of benzene rings is 1. The molecule has 1 unspecified atom stereocenters. The van der Waals surface area contributed by atoms with E-state index >= 15 is 0 Å². The lowest BCUT2D eigenvalue weighted by atomic mass is 9.98. The van der Waals surface area contributed by atoms with Gasteiger partial charge in [-0.1, -0.05) is 52.0 Å². The van der Waals surface area contributed by atoms with Crippen LogP contribution in [0.25, 0.3) is 0 Å². The van der Waals surface area contributed by atoms with Crippen molar-refractivity contribution < 1.29 is 4.74 Å². The van der Waals surface area contributed by atoms with Gasteiger partial charge in [0.2, 0.25) is 0 Å². The topological polar surface area (TPSA) is 9.23 Å². The van der Waals surface area contributed by atoms with Crippen LogP contribution >= 0.6 is 0 Å². The molecule has 0 aromatic heterocycles. The lowest BCUT2D eigenvalue weighted by molar-refractivity contribution is 0.110. The smallest absolute Gasteiger partial charge is 0.0716 e. The first-order valence-electron chi connectivity index (χ1n) is 6.80. The minimum absolute atomic E-state index is 0.658. The van der Waals surface area contributed by atoms with E-state index in [9.17, 15) is 0 Å². The van der Waals surface area contributed by atoms with E-state index in [4.69, 9.17) is 4.74 Å². The molecule has 0 spiro atoms. The highest BCUT2D eigenvalue weighted by atomic mass is 16.5. The Hall–Kier alpha value is -0.820. The Morgan fingerprint density at radius 3 is 2.24 bits per heavy atom. The Balaban J connectivity index is 2.35. The largest absolute Gasteiger partial charge is 0.377 e. The predicted molar refractivity (Wildman–Crippen MR) is 74.3 cm³/mol. The zero-order chi connectivity index (χ0) is 12.7. The van der Waals surface area contributed by atoms with Crippen LogP contribution in [0.5, 0.6) is 0 Å². The SMILES string of the molecule is CCC(C)c1ccc(COCCC(C)C)cc1. The maximum absolute atomic E-state index is 5.66. The molecule has 1 heteroatoms. The molecule has 0 fully saturated rings. The molecule has 96 valence electrons. The summed E-state index contributed by atoms with van der Waals surface area (Å²) < 4.78 is 5.66. The molecule has 0 aliphatic rings. The fourth-order valence-electron chi connectivity index (χ4n) is 1.69. The summed E-state index contributed by atoms with van der Waals surface area (Å²) in [6.07, 6.45) is 2.34. The fraction of sp³-hybridized carbons (Fsp3) is 0.625. The maximum Gasteiger partial charge on any atom is 0.0716 e. The van der Waals surface area contributed by atoms with Gasteiger partial charge in [0, 0.05) is 6.61 Å². The van der Waals surface area contributed by atoms with Gasteiger partial charge in [-0.25, -0.2) is 0 Å². The van der Waals surface area contributed by atoms with Crippen LogP contribution in [0, 0.1) is 5.92 Å². The molecule has 1 aromatic carbocycles. The molecule has 1 atom stereocenters. The standard InChI is InChI=1S/C16H26O/c1-5-14(4)16-8-6-15(7-9-16)12-17-11-10-13(2)3/h6-9,13-14H,5,10-12H2,1-4H3. The van der Waals surface area contributed by atoms with Crippen molar-refractivity contribution in [2.24, 2.45) is 5.92 Å². The number of hydrogen-bond acceptors (Lipinski definition) is 1. The highest BCUT2D eigenvalue weighted by Crippen LogP contribution is 2.19. The number of ether oxygens (including phenoxy) is 1. The molecule has 0 radical (unpaired) electrons. The number of hydrogen-bond donors (Lipinski definition) is 0. The third kappa shape index (κ3) is 5.36. The quantitative estimate of drug-likeness (QED) is 0.618. The van der Waals surface area contributed by atoms with Crippen LogP contribution in [-0.2, 0) is 11.3 Å². The second-order valence-corrected chi connectivity index (χ2v) is 5.29. The Bertz CT molecular complexity index is 300. The van der Waals surface area contributed by atoms with Crippen LogP contribution in [-0.4, -0.2) is 6.61 Å². The second-order valence-electron chi connectivity index (χ2n) is 5.29. The second kappa shape index (κ2) is 7.50. The normalized spacial score (nSPS) is 13.0. The fourth-order valence-corrected chi connectivity index (χ4v) is 1.69. The third-order valence-electron chi connectivity index (χ3n) is 3.27. The Labute approximate surface area is 106 Å². The van der Waals surface area contributed by atoms with Crippen LogP contribution in [0.2, 0.25) is 0 Å². The minimum Gasteiger partial charge on any atom is -0.377 e. The average molecular weight is 234 g/mol. The molecule has 1 aromatic rings. The minimum atomic E-state index is 0.658. The highest BCUT2D eigenvalue weighted by Gasteiger charge is 2.02. The van der Waals surface area contributed by atoms with Crippen molar-refractivity contribution in [2.45, 2.75) is 53.1 Å². The van der Waals surface area contributed by atoms with E-state index in [1.165, 1.54) is 17.5 Å². The molecular weight excluding hydrogens is 208 g/mol. The summed E-state index contributed by atoms with van der Waals surface area (Å²) in [5.74, 6) is 1.38. The zero-order valence-electron chi connectivity index (χ0n) is 11.7. The monoisotopic (exact) mass is 234 g/mol. The van der Waals surface area contributed by atoms with Crippen molar-refractivity contribution in [3.63, 3.8) is 0 Å². The van der Waals surface area contributed by atoms with Gasteiger partial charge in [0.05, 0.1) is 6.61 Å². The molecule has 1 nitrogen and oxygen atoms in total. The van der Waals surface area contributed by atoms with Gasteiger partial charge in [0.1, 0.15) is 0 Å². The molecule has 0 heterocycles. The Kier molecular flexibility index (Phi) is 6.28. The molecule has 0 aliphatic heterocycles. The average Bonchev–Trinajstić information content (AvgIpc) is 2.34. The van der Waals surface area contributed by atoms with Crippen molar-refractivity contribution in [1.29, 1.82) is 0 Å². The highest BCUT2D eigenvalue weighted by molar-refractivity contribution is 5.24. The Morgan fingerprint density at radius 2 is 1.71 bits per heavy atom. The van der Waals surface area contributed by atoms with Crippen molar-refractivity contribution in [2.75, 3.05) is 6.61 Å². The van der Waals surface area contributed by atoms with Crippen LogP contribution in [0.4, 0.5) is 0 Å². The Morgan fingerprint density at radius 1 is 1.06 bits per heavy atom. The molecule has 0 amide bonds. The molecule has 0 saturated heterocycles. The van der Waals surface area contributed by atoms with Gasteiger partial charge >= 0.3 is 0 Å². The van der Waals surface area contributed by atoms with E-state index in [-0.39, 0.29) is 0 Å². The molecule has 1 rings (SSSR count). The van der Waals surface area contributed by atoms with E-state index in [1.54, 1.807) is 0 Å². The van der Waals surface area contributed by atoms with Crippen molar-refractivity contribution in [3.05, 3.63) is 35.4 Å². The number of rotatable bonds is 7. The van der Waals surface area contributed by atoms with Crippen molar-refractivity contribution in [3.8, 4) is 0 Å². The van der Waals surface area contributed by atoms with Gasteiger partial charge in [-0.15, -0.1) is 0 Å². The van der Waals surface area contributed by atoms with Gasteiger partial charge in [-0.2, -0.15) is 0 Å². The van der Waals surface area contributed by atoms with Gasteiger partial charge in [0.15, 0.2) is 0 Å². The summed E-state index contributed by atoms with van der Waals surface area (Å²) in [4.78, 5) is 0. The summed E-state index contributed by atoms with van der Waals surface area (Å²) >= 11 is 0. The lowest BCUT2D eigenvalue weighted by Crippen LogP contribution is -1.99. The van der Waals surface area contributed by atoms with E-state index in [2.05, 4.69) is 52.0 Å². The van der Waals surface area contributed by atoms with Crippen LogP contribution < -0.4 is 0 Å². The lowest BCUT2D eigenvalue weighted by Gasteiger charge is -2.10. The predicted octanol–water partition coefficient (Wildman–Crippen LogP) is 4.76. The first-order chi connectivity index (χ1) is 8.13. The van der Waals surface area contributed by atoms with E-state index in [0.717, 1.165) is 25.6 Å². The van der Waals surface area contributed by atoms with E-state index < -0.39 is 0 Å². The molecular formula is C16H26O. The van der Waals surface area contributed by atoms with E-state index in [0.29, 0.717) is 5.92 Å². The van der Waals surface area contributed by atoms with Crippen molar-refractivity contribution >= 4 is 0 Å². The van der Waals surface area contributed by atoms with Gasteiger partial charge in [0.25, 0.3) is 0 Å². The van der Waals surface area contributed by atoms with Crippen LogP contribution in [0.1, 0.15) is 57.6 Å². The van der Waals surface area contributed by atoms with Crippen molar-refractivity contribution in [1.82, 2.24) is 0 Å². The zero-order valence-corrected chi connectivity index (χ0v) is 11.7. The van der Waals surface area contributed by atoms with Gasteiger partial charge < -0.3 is 4.74 Å². The van der Waals surface area contributed by atoms with Crippen LogP contribution in [0.3, 0.4) is 0 Å². The summed E-state index contributed by atoms with van der Waals surface area (Å²) in [6, 6.07) is 8.85. The molecule has 0 saturated carbocycles. The maximum atomic E-state index is 5.66.